The Morgan fingerprint density at radius 2 is 1.85 bits per heavy atom. The van der Waals surface area contributed by atoms with Crippen molar-refractivity contribution in [3.63, 3.8) is 0 Å². The molecular formula is C24H23ClFN5OS. The Labute approximate surface area is 200 Å². The van der Waals surface area contributed by atoms with Crippen LogP contribution in [0.25, 0.3) is 16.2 Å². The molecule has 0 bridgehead atoms. The second-order valence-corrected chi connectivity index (χ2v) is 9.54. The van der Waals surface area contributed by atoms with Crippen LogP contribution in [0.1, 0.15) is 18.4 Å². The summed E-state index contributed by atoms with van der Waals surface area (Å²) >= 11 is 7.44. The molecule has 0 aliphatic carbocycles. The minimum atomic E-state index is -0.265. The first-order valence-electron chi connectivity index (χ1n) is 10.9. The van der Waals surface area contributed by atoms with E-state index in [1.165, 1.54) is 23.5 Å². The molecule has 1 aliphatic rings. The zero-order valence-electron chi connectivity index (χ0n) is 17.9. The van der Waals surface area contributed by atoms with E-state index in [1.54, 1.807) is 16.6 Å². The highest BCUT2D eigenvalue weighted by Gasteiger charge is 2.26. The van der Waals surface area contributed by atoms with Crippen molar-refractivity contribution < 1.29 is 9.18 Å². The molecule has 170 valence electrons. The first kappa shape index (κ1) is 21.9. The maximum atomic E-state index is 13.2. The molecule has 4 aromatic rings. The molecule has 2 aromatic carbocycles. The smallest absolute Gasteiger partial charge is 0.223 e. The van der Waals surface area contributed by atoms with Gasteiger partial charge in [0, 0.05) is 36.1 Å². The molecule has 0 atom stereocenters. The van der Waals surface area contributed by atoms with Gasteiger partial charge >= 0.3 is 0 Å². The van der Waals surface area contributed by atoms with Crippen molar-refractivity contribution in [3.05, 3.63) is 71.1 Å². The molecule has 5 rings (SSSR count). The van der Waals surface area contributed by atoms with Crippen LogP contribution in [0.2, 0.25) is 5.02 Å². The van der Waals surface area contributed by atoms with Crippen LogP contribution in [0.5, 0.6) is 0 Å². The lowest BCUT2D eigenvalue weighted by Crippen LogP contribution is -2.41. The van der Waals surface area contributed by atoms with Crippen LogP contribution in [-0.2, 0) is 11.2 Å². The van der Waals surface area contributed by atoms with Crippen LogP contribution in [0.4, 0.5) is 9.52 Å². The summed E-state index contributed by atoms with van der Waals surface area (Å²) in [5.74, 6) is -0.110. The highest BCUT2D eigenvalue weighted by molar-refractivity contribution is 7.20. The summed E-state index contributed by atoms with van der Waals surface area (Å²) in [6, 6.07) is 14.0. The Morgan fingerprint density at radius 3 is 2.55 bits per heavy atom. The van der Waals surface area contributed by atoms with Crippen molar-refractivity contribution in [2.24, 2.45) is 5.92 Å². The molecule has 2 aromatic heterocycles. The summed E-state index contributed by atoms with van der Waals surface area (Å²) in [7, 11) is 0. The molecular weight excluding hydrogens is 461 g/mol. The maximum absolute atomic E-state index is 13.2. The Kier molecular flexibility index (Phi) is 6.28. The predicted octanol–water partition coefficient (Wildman–Crippen LogP) is 4.83. The number of rotatable bonds is 6. The van der Waals surface area contributed by atoms with Crippen LogP contribution in [0.15, 0.2) is 54.7 Å². The normalized spacial score (nSPS) is 14.7. The van der Waals surface area contributed by atoms with Crippen LogP contribution in [0.3, 0.4) is 0 Å². The Balaban J connectivity index is 1.13. The molecule has 33 heavy (non-hydrogen) atoms. The summed E-state index contributed by atoms with van der Waals surface area (Å²) < 4.78 is 14.9. The van der Waals surface area contributed by atoms with Crippen molar-refractivity contribution in [2.75, 3.05) is 24.5 Å². The molecule has 1 saturated heterocycles. The topological polar surface area (TPSA) is 62.5 Å². The van der Waals surface area contributed by atoms with E-state index in [-0.39, 0.29) is 17.6 Å². The molecule has 0 unspecified atom stereocenters. The van der Waals surface area contributed by atoms with E-state index in [9.17, 15) is 9.18 Å². The summed E-state index contributed by atoms with van der Waals surface area (Å²) in [6.07, 6.45) is 4.26. The molecule has 1 aliphatic heterocycles. The standard InChI is InChI=1S/C24H23ClFN5OS/c25-19-5-1-16(2-6-19)9-12-27-22(32)18-10-13-30(14-11-18)24-29-31-15-21(28-23(31)33-24)17-3-7-20(26)8-4-17/h1-8,15,18H,9-14H2,(H,27,32). The summed E-state index contributed by atoms with van der Waals surface area (Å²) in [5.41, 5.74) is 2.79. The number of piperidine rings is 1. The van der Waals surface area contributed by atoms with Crippen molar-refractivity contribution in [2.45, 2.75) is 19.3 Å². The number of fused-ring (bicyclic) bond motifs is 1. The molecule has 0 saturated carbocycles. The van der Waals surface area contributed by atoms with E-state index in [0.717, 1.165) is 64.3 Å². The van der Waals surface area contributed by atoms with E-state index in [2.05, 4.69) is 20.3 Å². The highest BCUT2D eigenvalue weighted by atomic mass is 35.5. The molecule has 9 heteroatoms. The molecule has 0 spiro atoms. The number of halogens is 2. The average molecular weight is 484 g/mol. The fourth-order valence-electron chi connectivity index (χ4n) is 4.04. The van der Waals surface area contributed by atoms with Crippen LogP contribution in [-0.4, -0.2) is 40.1 Å². The minimum Gasteiger partial charge on any atom is -0.356 e. The molecule has 0 radical (unpaired) electrons. The fourth-order valence-corrected chi connectivity index (χ4v) is 5.10. The van der Waals surface area contributed by atoms with Crippen molar-refractivity contribution in [1.29, 1.82) is 0 Å². The third-order valence-corrected chi connectivity index (χ3v) is 7.17. The molecule has 1 N–H and O–H groups in total. The third-order valence-electron chi connectivity index (χ3n) is 5.93. The molecule has 1 fully saturated rings. The second-order valence-electron chi connectivity index (χ2n) is 8.17. The zero-order chi connectivity index (χ0) is 22.8. The number of nitrogens with zero attached hydrogens (tertiary/aromatic N) is 4. The van der Waals surface area contributed by atoms with Gasteiger partial charge in [0.2, 0.25) is 16.0 Å². The number of benzene rings is 2. The maximum Gasteiger partial charge on any atom is 0.223 e. The third kappa shape index (κ3) is 5.02. The largest absolute Gasteiger partial charge is 0.356 e. The van der Waals surface area contributed by atoms with Crippen molar-refractivity contribution in [3.8, 4) is 11.3 Å². The number of nitrogens with one attached hydrogen (secondary N) is 1. The van der Waals surface area contributed by atoms with Gasteiger partial charge in [-0.05, 0) is 61.2 Å². The number of carbonyl (C=O) groups is 1. The van der Waals surface area contributed by atoms with Crippen molar-refractivity contribution >= 4 is 38.9 Å². The van der Waals surface area contributed by atoms with Crippen LogP contribution in [0, 0.1) is 11.7 Å². The lowest BCUT2D eigenvalue weighted by atomic mass is 9.96. The van der Waals surface area contributed by atoms with Gasteiger partial charge in [0.1, 0.15) is 5.82 Å². The minimum absolute atomic E-state index is 0.0283. The summed E-state index contributed by atoms with van der Waals surface area (Å²) in [4.78, 5) is 20.2. The SMILES string of the molecule is O=C(NCCc1ccc(Cl)cc1)C1CCN(c2nn3cc(-c4ccc(F)cc4)nc3s2)CC1. The Hall–Kier alpha value is -2.97. The quantitative estimate of drug-likeness (QED) is 0.427. The highest BCUT2D eigenvalue weighted by Crippen LogP contribution is 2.29. The number of anilines is 1. The van der Waals surface area contributed by atoms with E-state index in [4.69, 9.17) is 11.6 Å². The van der Waals surface area contributed by atoms with Gasteiger partial charge in [-0.2, -0.15) is 0 Å². The number of hydrogen-bond acceptors (Lipinski definition) is 5. The molecule has 1 amide bonds. The lowest BCUT2D eigenvalue weighted by Gasteiger charge is -2.30. The van der Waals surface area contributed by atoms with E-state index >= 15 is 0 Å². The molecule has 3 heterocycles. The van der Waals surface area contributed by atoms with Gasteiger partial charge in [-0.15, -0.1) is 5.10 Å². The van der Waals surface area contributed by atoms with Gasteiger partial charge < -0.3 is 10.2 Å². The van der Waals surface area contributed by atoms with Crippen LogP contribution >= 0.6 is 22.9 Å². The van der Waals surface area contributed by atoms with E-state index < -0.39 is 0 Å². The Morgan fingerprint density at radius 1 is 1.12 bits per heavy atom. The number of hydrogen-bond donors (Lipinski definition) is 1. The number of aromatic nitrogens is 3. The predicted molar refractivity (Wildman–Crippen MR) is 129 cm³/mol. The summed E-state index contributed by atoms with van der Waals surface area (Å²) in [6.45, 7) is 2.20. The van der Waals surface area contributed by atoms with Gasteiger partial charge in [-0.25, -0.2) is 13.9 Å². The van der Waals surface area contributed by atoms with Crippen molar-refractivity contribution in [1.82, 2.24) is 19.9 Å². The zero-order valence-corrected chi connectivity index (χ0v) is 19.4. The van der Waals surface area contributed by atoms with E-state index in [0.29, 0.717) is 6.54 Å². The average Bonchev–Trinajstić information content (AvgIpc) is 3.41. The fraction of sp³-hybridized carbons (Fsp3) is 0.292. The van der Waals surface area contributed by atoms with E-state index in [1.807, 2.05) is 30.5 Å². The first-order valence-corrected chi connectivity index (χ1v) is 12.1. The second kappa shape index (κ2) is 9.49. The van der Waals surface area contributed by atoms with Gasteiger partial charge in [0.15, 0.2) is 0 Å². The van der Waals surface area contributed by atoms with Gasteiger partial charge in [0.25, 0.3) is 0 Å². The number of carbonyl (C=O) groups excluding carboxylic acids is 1. The number of imidazole rings is 1. The molecule has 6 nitrogen and oxygen atoms in total. The number of amides is 1. The Bertz CT molecular complexity index is 1210. The van der Waals surface area contributed by atoms with Gasteiger partial charge in [-0.3, -0.25) is 4.79 Å². The first-order chi connectivity index (χ1) is 16.0. The monoisotopic (exact) mass is 483 g/mol. The van der Waals surface area contributed by atoms with Crippen LogP contribution < -0.4 is 10.2 Å². The van der Waals surface area contributed by atoms with Gasteiger partial charge in [-0.1, -0.05) is 35.1 Å². The summed E-state index contributed by atoms with van der Waals surface area (Å²) in [5, 5.41) is 9.37. The van der Waals surface area contributed by atoms with Gasteiger partial charge in [0.05, 0.1) is 11.9 Å². The lowest BCUT2D eigenvalue weighted by molar-refractivity contribution is -0.125.